The van der Waals surface area contributed by atoms with Gasteiger partial charge < -0.3 is 0 Å². The van der Waals surface area contributed by atoms with Gasteiger partial charge in [0.1, 0.15) is 0 Å². The van der Waals surface area contributed by atoms with Gasteiger partial charge in [-0.25, -0.2) is 0 Å². The van der Waals surface area contributed by atoms with Crippen LogP contribution in [0.4, 0.5) is 0 Å². The van der Waals surface area contributed by atoms with Crippen LogP contribution in [0, 0.1) is 0 Å². The van der Waals surface area contributed by atoms with E-state index in [9.17, 15) is 0 Å². The monoisotopic (exact) mass is 206 g/mol. The molecule has 0 bridgehead atoms. The molecule has 0 aliphatic heterocycles. The van der Waals surface area contributed by atoms with Crippen molar-refractivity contribution in [2.24, 2.45) is 0 Å². The quantitative estimate of drug-likeness (QED) is 0.668. The van der Waals surface area contributed by atoms with E-state index >= 15 is 0 Å². The molecule has 0 radical (unpaired) electrons. The Labute approximate surface area is 95.9 Å². The Morgan fingerprint density at radius 2 is 1.62 bits per heavy atom. The molecule has 2 aromatic carbocycles. The van der Waals surface area contributed by atoms with Crippen molar-refractivity contribution in [3.63, 3.8) is 0 Å². The first-order valence-electron chi connectivity index (χ1n) is 6.03. The average Bonchev–Trinajstić information content (AvgIpc) is 2.99. The second-order valence-corrected chi connectivity index (χ2v) is 5.15. The lowest BCUT2D eigenvalue weighted by Crippen LogP contribution is -2.07. The van der Waals surface area contributed by atoms with E-state index in [1.807, 2.05) is 0 Å². The summed E-state index contributed by atoms with van der Waals surface area (Å²) in [6.07, 6.45) is 2.60. The first-order valence-corrected chi connectivity index (χ1v) is 6.03. The Balaban J connectivity index is 1.82. The van der Waals surface area contributed by atoms with Gasteiger partial charge in [0.2, 0.25) is 0 Å². The van der Waals surface area contributed by atoms with Crippen LogP contribution >= 0.6 is 0 Å². The van der Waals surface area contributed by atoms with E-state index in [-0.39, 0.29) is 0 Å². The number of rotatable bonds is 1. The number of hydrogen-bond donors (Lipinski definition) is 0. The molecule has 2 atom stereocenters. The normalized spacial score (nSPS) is 29.6. The van der Waals surface area contributed by atoms with Crippen LogP contribution in [0.3, 0.4) is 0 Å². The van der Waals surface area contributed by atoms with Gasteiger partial charge in [0.15, 0.2) is 0 Å². The van der Waals surface area contributed by atoms with Gasteiger partial charge in [-0.2, -0.15) is 0 Å². The zero-order valence-corrected chi connectivity index (χ0v) is 9.19. The molecule has 2 aliphatic rings. The number of benzene rings is 2. The molecule has 1 fully saturated rings. The third-order valence-corrected chi connectivity index (χ3v) is 4.36. The maximum Gasteiger partial charge on any atom is 0.00686 e. The minimum atomic E-state index is 0.463. The van der Waals surface area contributed by atoms with Gasteiger partial charge in [-0.1, -0.05) is 54.6 Å². The molecule has 0 heterocycles. The summed E-state index contributed by atoms with van der Waals surface area (Å²) in [5.41, 5.74) is 5.18. The molecule has 2 aliphatic carbocycles. The standard InChI is InChI=1S/C16H14/c1-2-7-13(8-3-1)16-10-12-6-4-5-9-14(12)15(16)11-16/h1-9,15H,10-11H2/t15-,16-/m1/s1. The van der Waals surface area contributed by atoms with Crippen molar-refractivity contribution < 1.29 is 0 Å². The summed E-state index contributed by atoms with van der Waals surface area (Å²) in [5.74, 6) is 0.797. The lowest BCUT2D eigenvalue weighted by Gasteiger charge is -2.12. The van der Waals surface area contributed by atoms with Crippen molar-refractivity contribution in [2.75, 3.05) is 0 Å². The Morgan fingerprint density at radius 1 is 0.875 bits per heavy atom. The Kier molecular flexibility index (Phi) is 1.48. The largest absolute Gasteiger partial charge is 0.0622 e. The molecular weight excluding hydrogens is 192 g/mol. The molecule has 0 nitrogen and oxygen atoms in total. The van der Waals surface area contributed by atoms with E-state index in [0.29, 0.717) is 5.41 Å². The summed E-state index contributed by atoms with van der Waals surface area (Å²) >= 11 is 0. The van der Waals surface area contributed by atoms with Crippen LogP contribution in [0.5, 0.6) is 0 Å². The van der Waals surface area contributed by atoms with Gasteiger partial charge in [0.25, 0.3) is 0 Å². The van der Waals surface area contributed by atoms with Crippen LogP contribution in [0.25, 0.3) is 0 Å². The predicted octanol–water partition coefficient (Wildman–Crippen LogP) is 3.67. The highest BCUT2D eigenvalue weighted by Crippen LogP contribution is 2.67. The maximum absolute atomic E-state index is 2.32. The van der Waals surface area contributed by atoms with Crippen LogP contribution in [0.2, 0.25) is 0 Å². The van der Waals surface area contributed by atoms with Gasteiger partial charge in [0.05, 0.1) is 0 Å². The molecular formula is C16H14. The molecule has 2 aromatic rings. The number of hydrogen-bond acceptors (Lipinski definition) is 0. The van der Waals surface area contributed by atoms with Crippen LogP contribution in [-0.4, -0.2) is 0 Å². The second kappa shape index (κ2) is 2.76. The molecule has 16 heavy (non-hydrogen) atoms. The molecule has 1 saturated carbocycles. The fourth-order valence-electron chi connectivity index (χ4n) is 3.47. The van der Waals surface area contributed by atoms with E-state index in [1.54, 1.807) is 11.1 Å². The van der Waals surface area contributed by atoms with E-state index in [2.05, 4.69) is 54.6 Å². The first-order chi connectivity index (χ1) is 7.90. The third kappa shape index (κ3) is 0.948. The van der Waals surface area contributed by atoms with Gasteiger partial charge in [-0.05, 0) is 35.4 Å². The second-order valence-electron chi connectivity index (χ2n) is 5.15. The molecule has 0 aromatic heterocycles. The van der Waals surface area contributed by atoms with Gasteiger partial charge in [0, 0.05) is 5.41 Å². The molecule has 0 unspecified atom stereocenters. The fourth-order valence-corrected chi connectivity index (χ4v) is 3.47. The van der Waals surface area contributed by atoms with E-state index in [1.165, 1.54) is 18.4 Å². The van der Waals surface area contributed by atoms with Gasteiger partial charge >= 0.3 is 0 Å². The van der Waals surface area contributed by atoms with Crippen molar-refractivity contribution in [2.45, 2.75) is 24.2 Å². The van der Waals surface area contributed by atoms with Gasteiger partial charge in [-0.15, -0.1) is 0 Å². The highest BCUT2D eigenvalue weighted by molar-refractivity contribution is 5.53. The molecule has 78 valence electrons. The van der Waals surface area contributed by atoms with Crippen LogP contribution < -0.4 is 0 Å². The topological polar surface area (TPSA) is 0 Å². The molecule has 4 rings (SSSR count). The summed E-state index contributed by atoms with van der Waals surface area (Å²) in [4.78, 5) is 0. The maximum atomic E-state index is 2.32. The third-order valence-electron chi connectivity index (χ3n) is 4.36. The highest BCUT2D eigenvalue weighted by atomic mass is 14.6. The van der Waals surface area contributed by atoms with Crippen LogP contribution in [0.15, 0.2) is 54.6 Å². The van der Waals surface area contributed by atoms with E-state index < -0.39 is 0 Å². The smallest absolute Gasteiger partial charge is 0.00686 e. The lowest BCUT2D eigenvalue weighted by atomic mass is 9.92. The molecule has 0 amide bonds. The highest BCUT2D eigenvalue weighted by Gasteiger charge is 2.60. The summed E-state index contributed by atoms with van der Waals surface area (Å²) < 4.78 is 0. The SMILES string of the molecule is c1ccc([C@]23Cc4ccccc4[C@H]2C3)cc1. The van der Waals surface area contributed by atoms with Crippen LogP contribution in [-0.2, 0) is 11.8 Å². The molecule has 0 spiro atoms. The molecule has 0 saturated heterocycles. The van der Waals surface area contributed by atoms with E-state index in [0.717, 1.165) is 5.92 Å². The Bertz CT molecular complexity index is 541. The molecule has 0 N–H and O–H groups in total. The van der Waals surface area contributed by atoms with Crippen LogP contribution in [0.1, 0.15) is 29.0 Å². The minimum absolute atomic E-state index is 0.463. The lowest BCUT2D eigenvalue weighted by molar-refractivity contribution is 0.701. The first kappa shape index (κ1) is 8.58. The minimum Gasteiger partial charge on any atom is -0.0622 e. The Morgan fingerprint density at radius 3 is 2.44 bits per heavy atom. The summed E-state index contributed by atoms with van der Waals surface area (Å²) in [6, 6.07) is 20.0. The Hall–Kier alpha value is -1.56. The zero-order valence-electron chi connectivity index (χ0n) is 9.19. The van der Waals surface area contributed by atoms with Gasteiger partial charge in [-0.3, -0.25) is 0 Å². The molecule has 0 heteroatoms. The predicted molar refractivity (Wildman–Crippen MR) is 65.6 cm³/mol. The zero-order chi connectivity index (χ0) is 10.6. The fraction of sp³-hybridized carbons (Fsp3) is 0.250. The summed E-state index contributed by atoms with van der Waals surface area (Å²) in [6.45, 7) is 0. The summed E-state index contributed by atoms with van der Waals surface area (Å²) in [7, 11) is 0. The van der Waals surface area contributed by atoms with Crippen molar-refractivity contribution >= 4 is 0 Å². The average molecular weight is 206 g/mol. The van der Waals surface area contributed by atoms with Crippen molar-refractivity contribution in [3.05, 3.63) is 71.3 Å². The van der Waals surface area contributed by atoms with E-state index in [4.69, 9.17) is 0 Å². The van der Waals surface area contributed by atoms with Crippen molar-refractivity contribution in [1.29, 1.82) is 0 Å². The van der Waals surface area contributed by atoms with Crippen molar-refractivity contribution in [3.8, 4) is 0 Å². The van der Waals surface area contributed by atoms with Crippen molar-refractivity contribution in [1.82, 2.24) is 0 Å². The number of fused-ring (bicyclic) bond motifs is 3. The summed E-state index contributed by atoms with van der Waals surface area (Å²) in [5, 5.41) is 0.